The summed E-state index contributed by atoms with van der Waals surface area (Å²) < 4.78 is 24.8. The molecule has 6 aromatic heterocycles. The summed E-state index contributed by atoms with van der Waals surface area (Å²) in [5.74, 6) is 3.94. The van der Waals surface area contributed by atoms with Crippen LogP contribution >= 0.6 is 45.6 Å². The van der Waals surface area contributed by atoms with E-state index in [1.165, 1.54) is 28.6 Å². The van der Waals surface area contributed by atoms with Crippen molar-refractivity contribution in [2.45, 2.75) is 32.8 Å². The molecule has 11 rings (SSSR count). The number of rotatable bonds is 9. The fourth-order valence-electron chi connectivity index (χ4n) is 9.41. The van der Waals surface area contributed by atoms with Gasteiger partial charge in [0.05, 0.1) is 54.2 Å². The van der Waals surface area contributed by atoms with Gasteiger partial charge in [-0.05, 0) is 36.4 Å². The number of piperazine rings is 2. The van der Waals surface area contributed by atoms with E-state index in [2.05, 4.69) is 36.9 Å². The first-order valence-electron chi connectivity index (χ1n) is 22.9. The van der Waals surface area contributed by atoms with Crippen molar-refractivity contribution in [1.29, 1.82) is 0 Å². The number of amides is 2. The number of hydrogen-bond acceptors (Lipinski definition) is 16. The zero-order valence-corrected chi connectivity index (χ0v) is 43.4. The molecule has 0 radical (unpaired) electrons. The number of aromatic nitrogens is 3. The topological polar surface area (TPSA) is 157 Å². The summed E-state index contributed by atoms with van der Waals surface area (Å²) in [5.41, 5.74) is 1.32. The molecule has 19 heteroatoms. The van der Waals surface area contributed by atoms with Crippen molar-refractivity contribution in [3.63, 3.8) is 0 Å². The average Bonchev–Trinajstić information content (AvgIpc) is 4.15. The fourth-order valence-corrected chi connectivity index (χ4v) is 13.1. The number of alkyl halides is 1. The Morgan fingerprint density at radius 3 is 1.45 bits per heavy atom. The van der Waals surface area contributed by atoms with Gasteiger partial charge in [0, 0.05) is 175 Å². The van der Waals surface area contributed by atoms with Crippen molar-refractivity contribution < 1.29 is 38.1 Å². The van der Waals surface area contributed by atoms with Crippen molar-refractivity contribution in [2.75, 3.05) is 80.8 Å². The van der Waals surface area contributed by atoms with Gasteiger partial charge in [-0.3, -0.25) is 43.9 Å². The van der Waals surface area contributed by atoms with Crippen molar-refractivity contribution in [2.24, 2.45) is 0 Å². The molecule has 0 bridgehead atoms. The molecule has 2 saturated heterocycles. The summed E-state index contributed by atoms with van der Waals surface area (Å²) in [5, 5.41) is 6.03. The zero-order valence-electron chi connectivity index (χ0n) is 40.2. The molecular weight excluding hydrogens is 982 g/mol. The normalized spacial score (nSPS) is 15.0. The SMILES string of the molecule is CC(=O)N1CCN(Cc2cc3c(s2)C(=O)c2ccncc2C3=O)CC1.COc1c2cnccc2c(OC)c2sc(CCl)cc12.COc1c2cnccc2c(OC)c2sc(CN3CCN(C(C)=O)CC3)cc12. The molecule has 2 aliphatic heterocycles. The number of carbonyl (C=O) groups excluding carboxylic acids is 4. The van der Waals surface area contributed by atoms with E-state index < -0.39 is 0 Å². The molecule has 2 fully saturated rings. The number of halogens is 1. The predicted octanol–water partition coefficient (Wildman–Crippen LogP) is 8.92. The summed E-state index contributed by atoms with van der Waals surface area (Å²) >= 11 is 10.7. The molecule has 0 saturated carbocycles. The largest absolute Gasteiger partial charge is 0.495 e. The molecule has 8 aromatic rings. The van der Waals surface area contributed by atoms with Crippen LogP contribution in [0.1, 0.15) is 59.6 Å². The first kappa shape index (κ1) is 49.7. The number of carbonyl (C=O) groups is 4. The summed E-state index contributed by atoms with van der Waals surface area (Å²) in [7, 11) is 6.76. The van der Waals surface area contributed by atoms with Crippen LogP contribution < -0.4 is 18.9 Å². The third kappa shape index (κ3) is 9.88. The zero-order chi connectivity index (χ0) is 49.9. The highest BCUT2D eigenvalue weighted by molar-refractivity contribution is 7.20. The number of pyridine rings is 3. The highest BCUT2D eigenvalue weighted by atomic mass is 35.5. The lowest BCUT2D eigenvalue weighted by Crippen LogP contribution is -2.47. The molecule has 0 unspecified atom stereocenters. The second-order valence-corrected chi connectivity index (χ2v) is 20.8. The maximum absolute atomic E-state index is 12.6. The Kier molecular flexibility index (Phi) is 15.1. The van der Waals surface area contributed by atoms with Gasteiger partial charge in [-0.25, -0.2) is 0 Å². The van der Waals surface area contributed by atoms with Crippen molar-refractivity contribution >= 4 is 111 Å². The van der Waals surface area contributed by atoms with Crippen LogP contribution in [0.3, 0.4) is 0 Å². The maximum Gasteiger partial charge on any atom is 0.219 e. The number of ketones is 2. The quantitative estimate of drug-likeness (QED) is 0.126. The van der Waals surface area contributed by atoms with Crippen LogP contribution in [0.25, 0.3) is 41.7 Å². The Labute approximate surface area is 427 Å². The van der Waals surface area contributed by atoms with Crippen molar-refractivity contribution in [1.82, 2.24) is 34.6 Å². The second-order valence-electron chi connectivity index (χ2n) is 17.1. The van der Waals surface area contributed by atoms with E-state index in [1.807, 2.05) is 34.2 Å². The third-order valence-electron chi connectivity index (χ3n) is 13.0. The molecule has 1 aliphatic carbocycles. The molecule has 15 nitrogen and oxygen atoms in total. The van der Waals surface area contributed by atoms with Crippen LogP contribution in [0.5, 0.6) is 23.0 Å². The minimum atomic E-state index is -0.124. The number of hydrogen-bond donors (Lipinski definition) is 0. The van der Waals surface area contributed by atoms with Gasteiger partial charge >= 0.3 is 0 Å². The van der Waals surface area contributed by atoms with E-state index in [0.29, 0.717) is 34.0 Å². The highest BCUT2D eigenvalue weighted by Crippen LogP contribution is 2.48. The molecule has 0 N–H and O–H groups in total. The van der Waals surface area contributed by atoms with Gasteiger partial charge in [0.1, 0.15) is 23.0 Å². The molecule has 3 aliphatic rings. The molecule has 368 valence electrons. The van der Waals surface area contributed by atoms with Gasteiger partial charge < -0.3 is 28.7 Å². The number of fused-ring (bicyclic) bond motifs is 6. The van der Waals surface area contributed by atoms with E-state index >= 15 is 0 Å². The number of nitrogens with zero attached hydrogens (tertiary/aromatic N) is 7. The smallest absolute Gasteiger partial charge is 0.219 e. The summed E-state index contributed by atoms with van der Waals surface area (Å²) in [6.07, 6.45) is 10.2. The molecule has 0 atom stereocenters. The summed E-state index contributed by atoms with van der Waals surface area (Å²) in [6.45, 7) is 11.2. The van der Waals surface area contributed by atoms with Gasteiger partial charge in [-0.1, -0.05) is 0 Å². The summed E-state index contributed by atoms with van der Waals surface area (Å²) in [6, 6.07) is 11.6. The van der Waals surface area contributed by atoms with Crippen molar-refractivity contribution in [3.05, 3.63) is 110 Å². The predicted molar refractivity (Wildman–Crippen MR) is 280 cm³/mol. The van der Waals surface area contributed by atoms with Crippen LogP contribution in [0.2, 0.25) is 0 Å². The number of methoxy groups -OCH3 is 4. The fraction of sp³-hybridized carbons (Fsp3) is 0.327. The number of ether oxygens (including phenoxy) is 4. The molecule has 8 heterocycles. The number of thiophene rings is 3. The van der Waals surface area contributed by atoms with Gasteiger partial charge in [-0.2, -0.15) is 0 Å². The molecule has 0 spiro atoms. The van der Waals surface area contributed by atoms with E-state index in [1.54, 1.807) is 89.6 Å². The van der Waals surface area contributed by atoms with Crippen molar-refractivity contribution in [3.8, 4) is 23.0 Å². The Morgan fingerprint density at radius 1 is 0.521 bits per heavy atom. The molecular formula is C52H52ClN7O8S3. The highest BCUT2D eigenvalue weighted by Gasteiger charge is 2.33. The van der Waals surface area contributed by atoms with Crippen LogP contribution in [-0.4, -0.2) is 139 Å². The lowest BCUT2D eigenvalue weighted by molar-refractivity contribution is -0.131. The van der Waals surface area contributed by atoms with Crippen LogP contribution in [-0.2, 0) is 28.6 Å². The lowest BCUT2D eigenvalue weighted by Gasteiger charge is -2.33. The van der Waals surface area contributed by atoms with Crippen LogP contribution in [0.15, 0.2) is 73.6 Å². The van der Waals surface area contributed by atoms with Gasteiger partial charge in [0.15, 0.2) is 5.78 Å². The first-order chi connectivity index (χ1) is 34.5. The second kappa shape index (κ2) is 21.6. The van der Waals surface area contributed by atoms with E-state index in [9.17, 15) is 19.2 Å². The minimum absolute atomic E-state index is 0.0929. The van der Waals surface area contributed by atoms with Crippen LogP contribution in [0.4, 0.5) is 0 Å². The minimum Gasteiger partial charge on any atom is -0.495 e. The Hall–Kier alpha value is -6.28. The lowest BCUT2D eigenvalue weighted by atomic mass is 9.90. The van der Waals surface area contributed by atoms with Gasteiger partial charge in [0.25, 0.3) is 0 Å². The van der Waals surface area contributed by atoms with E-state index in [4.69, 9.17) is 30.5 Å². The maximum atomic E-state index is 12.6. The van der Waals surface area contributed by atoms with Gasteiger partial charge in [-0.15, -0.1) is 45.6 Å². The molecule has 2 aromatic carbocycles. The Balaban J connectivity index is 0.000000134. The monoisotopic (exact) mass is 1030 g/mol. The standard InChI is InChI=1S/C20H23N3O3S.C18H17N3O3S.C14H12ClNO2S/c1-13(24)23-8-6-22(7-9-23)12-14-10-16-18(25-2)17-11-21-5-4-15(17)19(26-3)20(16)27-14;1-11(22)21-6-4-20(5-7-21)10-12-8-14-16(23)15-9-19-3-2-13(15)17(24)18(14)25-12;1-17-12-10-5-8(6-15)19-14(10)13(18-2)9-3-4-16-7-11(9)12/h4-5,10-11H,6-9,12H2,1-3H3;2-3,8-9H,4-7,10H2,1H3;3-5,7H,6H2,1-2H3. The third-order valence-corrected chi connectivity index (χ3v) is 16.8. The Morgan fingerprint density at radius 2 is 0.972 bits per heavy atom. The Bertz CT molecular complexity index is 3150. The van der Waals surface area contributed by atoms with Crippen LogP contribution in [0, 0.1) is 0 Å². The van der Waals surface area contributed by atoms with E-state index in [-0.39, 0.29) is 23.4 Å². The van der Waals surface area contributed by atoms with Gasteiger partial charge in [0.2, 0.25) is 17.6 Å². The molecule has 71 heavy (non-hydrogen) atoms. The number of benzene rings is 2. The summed E-state index contributed by atoms with van der Waals surface area (Å²) in [4.78, 5) is 72.9. The van der Waals surface area contributed by atoms with E-state index in [0.717, 1.165) is 133 Å². The average molecular weight is 1030 g/mol. The first-order valence-corrected chi connectivity index (χ1v) is 25.9. The molecule has 2 amide bonds.